The Bertz CT molecular complexity index is 559. The van der Waals surface area contributed by atoms with Crippen molar-refractivity contribution in [2.24, 2.45) is 5.41 Å². The number of para-hydroxylation sites is 1. The van der Waals surface area contributed by atoms with E-state index in [2.05, 4.69) is 80.7 Å². The van der Waals surface area contributed by atoms with Crippen LogP contribution in [0.25, 0.3) is 0 Å². The summed E-state index contributed by atoms with van der Waals surface area (Å²) < 4.78 is 0. The molecule has 2 aromatic rings. The van der Waals surface area contributed by atoms with Gasteiger partial charge in [0.2, 0.25) is 0 Å². The van der Waals surface area contributed by atoms with Gasteiger partial charge in [-0.15, -0.1) is 0 Å². The molecule has 2 heteroatoms. The molecule has 0 saturated heterocycles. The van der Waals surface area contributed by atoms with Gasteiger partial charge in [0.1, 0.15) is 4.87 Å². The Morgan fingerprint density at radius 3 is 2.16 bits per heavy atom. The Morgan fingerprint density at radius 1 is 0.895 bits per heavy atom. The van der Waals surface area contributed by atoms with Crippen LogP contribution in [0, 0.1) is 5.41 Å². The van der Waals surface area contributed by atoms with Gasteiger partial charge in [-0.3, -0.25) is 0 Å². The second-order valence-electron chi connectivity index (χ2n) is 6.02. The minimum atomic E-state index is -0.0993. The molecule has 0 radical (unpaired) electrons. The summed E-state index contributed by atoms with van der Waals surface area (Å²) in [5, 5.41) is 3.77. The lowest BCUT2D eigenvalue weighted by Gasteiger charge is -2.42. The first kappa shape index (κ1) is 12.6. The zero-order chi connectivity index (χ0) is 13.5. The third-order valence-electron chi connectivity index (χ3n) is 3.70. The predicted octanol–water partition coefficient (Wildman–Crippen LogP) is 5.10. The lowest BCUT2D eigenvalue weighted by Crippen LogP contribution is -2.41. The van der Waals surface area contributed by atoms with Crippen LogP contribution >= 0.6 is 11.8 Å². The van der Waals surface area contributed by atoms with Gasteiger partial charge in [0.15, 0.2) is 0 Å². The molecule has 2 aromatic carbocycles. The number of anilines is 1. The minimum Gasteiger partial charge on any atom is -0.365 e. The summed E-state index contributed by atoms with van der Waals surface area (Å²) in [5.74, 6) is 0. The predicted molar refractivity (Wildman–Crippen MR) is 83.5 cm³/mol. The van der Waals surface area contributed by atoms with Crippen LogP contribution in [0.2, 0.25) is 0 Å². The Balaban J connectivity index is 2.13. The van der Waals surface area contributed by atoms with E-state index in [9.17, 15) is 0 Å². The molecule has 0 spiro atoms. The van der Waals surface area contributed by atoms with Gasteiger partial charge in [-0.25, -0.2) is 0 Å². The molecule has 0 amide bonds. The van der Waals surface area contributed by atoms with Crippen molar-refractivity contribution in [3.05, 3.63) is 60.2 Å². The number of benzene rings is 2. The lowest BCUT2D eigenvalue weighted by molar-refractivity contribution is 0.316. The third kappa shape index (κ3) is 1.95. The minimum absolute atomic E-state index is 0.0993. The van der Waals surface area contributed by atoms with E-state index < -0.39 is 0 Å². The van der Waals surface area contributed by atoms with E-state index in [4.69, 9.17) is 0 Å². The van der Waals surface area contributed by atoms with E-state index in [0.717, 1.165) is 0 Å². The first-order valence-electron chi connectivity index (χ1n) is 6.65. The Hall–Kier alpha value is -1.41. The van der Waals surface area contributed by atoms with Crippen molar-refractivity contribution in [2.75, 3.05) is 5.32 Å². The van der Waals surface area contributed by atoms with Gasteiger partial charge in [0.05, 0.1) is 0 Å². The van der Waals surface area contributed by atoms with Crippen molar-refractivity contribution in [2.45, 2.75) is 30.5 Å². The summed E-state index contributed by atoms with van der Waals surface area (Å²) in [5.41, 5.74) is 2.69. The molecule has 0 saturated carbocycles. The molecule has 0 aromatic heterocycles. The average molecular weight is 269 g/mol. The van der Waals surface area contributed by atoms with Crippen LogP contribution in [0.5, 0.6) is 0 Å². The van der Waals surface area contributed by atoms with Crippen molar-refractivity contribution in [3.8, 4) is 0 Å². The van der Waals surface area contributed by atoms with Crippen LogP contribution in [0.4, 0.5) is 5.69 Å². The standard InChI is InChI=1S/C17H19NS/c1-16(2,3)17(13-9-5-4-6-10-13)18-14-11-7-8-12-15(14)19-17/h4-12,18H,1-3H3. The Morgan fingerprint density at radius 2 is 1.53 bits per heavy atom. The van der Waals surface area contributed by atoms with E-state index in [0.29, 0.717) is 0 Å². The molecule has 98 valence electrons. The average Bonchev–Trinajstić information content (AvgIpc) is 2.80. The van der Waals surface area contributed by atoms with E-state index in [1.54, 1.807) is 0 Å². The zero-order valence-corrected chi connectivity index (χ0v) is 12.4. The summed E-state index contributed by atoms with van der Waals surface area (Å²) in [6, 6.07) is 19.3. The highest BCUT2D eigenvalue weighted by Gasteiger charge is 2.48. The number of hydrogen-bond donors (Lipinski definition) is 1. The van der Waals surface area contributed by atoms with Crippen LogP contribution in [0.3, 0.4) is 0 Å². The molecule has 1 unspecified atom stereocenters. The van der Waals surface area contributed by atoms with Gasteiger partial charge in [-0.2, -0.15) is 0 Å². The zero-order valence-electron chi connectivity index (χ0n) is 11.6. The third-order valence-corrected chi connectivity index (χ3v) is 5.53. The summed E-state index contributed by atoms with van der Waals surface area (Å²) in [4.78, 5) is 1.24. The highest BCUT2D eigenvalue weighted by atomic mass is 32.2. The van der Waals surface area contributed by atoms with Gasteiger partial charge in [0, 0.05) is 10.6 Å². The van der Waals surface area contributed by atoms with Crippen LogP contribution < -0.4 is 5.32 Å². The second-order valence-corrected chi connectivity index (χ2v) is 7.28. The normalized spacial score (nSPS) is 21.8. The molecule has 1 nitrogen and oxygen atoms in total. The number of thioether (sulfide) groups is 1. The monoisotopic (exact) mass is 269 g/mol. The quantitative estimate of drug-likeness (QED) is 0.772. The number of rotatable bonds is 1. The fraction of sp³-hybridized carbons (Fsp3) is 0.294. The molecule has 1 atom stereocenters. The SMILES string of the molecule is CC(C)(C)C1(c2ccccc2)Nc2ccccc2S1. The molecule has 1 heterocycles. The molecule has 1 aliphatic rings. The van der Waals surface area contributed by atoms with Crippen LogP contribution in [0.1, 0.15) is 26.3 Å². The summed E-state index contributed by atoms with van der Waals surface area (Å²) in [6.07, 6.45) is 0. The summed E-state index contributed by atoms with van der Waals surface area (Å²) in [6.45, 7) is 6.89. The summed E-state index contributed by atoms with van der Waals surface area (Å²) in [7, 11) is 0. The van der Waals surface area contributed by atoms with E-state index in [-0.39, 0.29) is 10.3 Å². The van der Waals surface area contributed by atoms with Crippen LogP contribution in [-0.4, -0.2) is 0 Å². The van der Waals surface area contributed by atoms with Crippen molar-refractivity contribution < 1.29 is 0 Å². The highest BCUT2D eigenvalue weighted by Crippen LogP contribution is 2.58. The van der Waals surface area contributed by atoms with Gasteiger partial charge >= 0.3 is 0 Å². The number of fused-ring (bicyclic) bond motifs is 1. The molecule has 0 bridgehead atoms. The van der Waals surface area contributed by atoms with E-state index in [1.165, 1.54) is 16.1 Å². The van der Waals surface area contributed by atoms with Gasteiger partial charge < -0.3 is 5.32 Å². The maximum Gasteiger partial charge on any atom is 0.119 e. The topological polar surface area (TPSA) is 12.0 Å². The molecule has 0 aliphatic carbocycles. The molecular formula is C17H19NS. The van der Waals surface area contributed by atoms with Crippen molar-refractivity contribution in [1.82, 2.24) is 0 Å². The first-order valence-corrected chi connectivity index (χ1v) is 7.46. The van der Waals surface area contributed by atoms with Gasteiger partial charge in [0.25, 0.3) is 0 Å². The highest BCUT2D eigenvalue weighted by molar-refractivity contribution is 8.01. The van der Waals surface area contributed by atoms with Crippen LogP contribution in [-0.2, 0) is 4.87 Å². The number of nitrogens with one attached hydrogen (secondary N) is 1. The smallest absolute Gasteiger partial charge is 0.119 e. The first-order chi connectivity index (χ1) is 9.03. The van der Waals surface area contributed by atoms with E-state index in [1.807, 2.05) is 11.8 Å². The van der Waals surface area contributed by atoms with Crippen LogP contribution in [0.15, 0.2) is 59.5 Å². The Kier molecular flexibility index (Phi) is 2.86. The summed E-state index contributed by atoms with van der Waals surface area (Å²) >= 11 is 1.93. The van der Waals surface area contributed by atoms with Crippen molar-refractivity contribution >= 4 is 17.4 Å². The largest absolute Gasteiger partial charge is 0.365 e. The second kappa shape index (κ2) is 4.31. The molecular weight excluding hydrogens is 250 g/mol. The van der Waals surface area contributed by atoms with Gasteiger partial charge in [-0.1, -0.05) is 75.0 Å². The van der Waals surface area contributed by atoms with E-state index >= 15 is 0 Å². The molecule has 19 heavy (non-hydrogen) atoms. The number of hydrogen-bond acceptors (Lipinski definition) is 2. The molecule has 1 aliphatic heterocycles. The lowest BCUT2D eigenvalue weighted by atomic mass is 9.81. The maximum absolute atomic E-state index is 3.77. The van der Waals surface area contributed by atoms with Crippen molar-refractivity contribution in [3.63, 3.8) is 0 Å². The molecule has 3 rings (SSSR count). The fourth-order valence-electron chi connectivity index (χ4n) is 2.62. The maximum atomic E-state index is 3.77. The Labute approximate surface area is 119 Å². The molecule has 1 N–H and O–H groups in total. The fourth-order valence-corrected chi connectivity index (χ4v) is 4.04. The van der Waals surface area contributed by atoms with Gasteiger partial charge in [-0.05, 0) is 23.1 Å². The van der Waals surface area contributed by atoms with Crippen molar-refractivity contribution in [1.29, 1.82) is 0 Å². The molecule has 0 fully saturated rings.